The number of para-hydroxylation sites is 1. The molecule has 0 aromatic heterocycles. The SMILES string of the molecule is CC(Nc1ccccc1S(=O)(=O)C(F)F)c1ccccc1Cl. The van der Waals surface area contributed by atoms with Crippen molar-refractivity contribution in [2.24, 2.45) is 0 Å². The summed E-state index contributed by atoms with van der Waals surface area (Å²) in [5.41, 5.74) is 0.864. The Hall–Kier alpha value is -1.66. The Morgan fingerprint density at radius 1 is 1.05 bits per heavy atom. The Bertz CT molecular complexity index is 766. The van der Waals surface area contributed by atoms with Gasteiger partial charge in [0.05, 0.1) is 16.6 Å². The molecule has 0 saturated carbocycles. The van der Waals surface area contributed by atoms with E-state index in [1.165, 1.54) is 12.1 Å². The molecular weight excluding hydrogens is 332 g/mol. The molecule has 2 rings (SSSR count). The number of hydrogen-bond donors (Lipinski definition) is 1. The maximum absolute atomic E-state index is 12.8. The smallest absolute Gasteiger partial charge is 0.341 e. The van der Waals surface area contributed by atoms with Crippen LogP contribution in [0.25, 0.3) is 0 Å². The fraction of sp³-hybridized carbons (Fsp3) is 0.200. The highest BCUT2D eigenvalue weighted by molar-refractivity contribution is 7.91. The quantitative estimate of drug-likeness (QED) is 0.867. The molecular formula is C15H14ClF2NO2S. The molecule has 22 heavy (non-hydrogen) atoms. The Kier molecular flexibility index (Phi) is 5.03. The molecule has 0 aliphatic carbocycles. The molecule has 0 amide bonds. The van der Waals surface area contributed by atoms with Gasteiger partial charge in [0, 0.05) is 5.02 Å². The van der Waals surface area contributed by atoms with E-state index in [9.17, 15) is 17.2 Å². The summed E-state index contributed by atoms with van der Waals surface area (Å²) in [6, 6.07) is 12.3. The van der Waals surface area contributed by atoms with E-state index in [1.54, 1.807) is 37.3 Å². The van der Waals surface area contributed by atoms with Gasteiger partial charge in [-0.25, -0.2) is 8.42 Å². The number of hydrogen-bond acceptors (Lipinski definition) is 3. The first kappa shape index (κ1) is 16.7. The largest absolute Gasteiger partial charge is 0.377 e. The standard InChI is InChI=1S/C15H14ClF2NO2S/c1-10(11-6-2-3-7-12(11)16)19-13-8-4-5-9-14(13)22(20,21)15(17)18/h2-10,15,19H,1H3. The van der Waals surface area contributed by atoms with Gasteiger partial charge in [-0.05, 0) is 30.7 Å². The van der Waals surface area contributed by atoms with Crippen LogP contribution in [0.4, 0.5) is 14.5 Å². The fourth-order valence-corrected chi connectivity index (χ4v) is 3.26. The highest BCUT2D eigenvalue weighted by Gasteiger charge is 2.29. The van der Waals surface area contributed by atoms with Crippen LogP contribution in [0.3, 0.4) is 0 Å². The van der Waals surface area contributed by atoms with Crippen molar-refractivity contribution >= 4 is 27.1 Å². The van der Waals surface area contributed by atoms with Gasteiger partial charge in [0.25, 0.3) is 0 Å². The monoisotopic (exact) mass is 345 g/mol. The van der Waals surface area contributed by atoms with Crippen LogP contribution in [0.5, 0.6) is 0 Å². The number of benzene rings is 2. The van der Waals surface area contributed by atoms with Crippen LogP contribution >= 0.6 is 11.6 Å². The molecule has 0 bridgehead atoms. The predicted octanol–water partition coefficient (Wildman–Crippen LogP) is 4.51. The van der Waals surface area contributed by atoms with E-state index in [-0.39, 0.29) is 11.7 Å². The van der Waals surface area contributed by atoms with Crippen LogP contribution < -0.4 is 5.32 Å². The third-order valence-corrected chi connectivity index (χ3v) is 4.95. The van der Waals surface area contributed by atoms with Gasteiger partial charge in [0.1, 0.15) is 0 Å². The van der Waals surface area contributed by atoms with Crippen molar-refractivity contribution in [1.29, 1.82) is 0 Å². The van der Waals surface area contributed by atoms with Gasteiger partial charge in [-0.1, -0.05) is 41.9 Å². The van der Waals surface area contributed by atoms with E-state index < -0.39 is 20.5 Å². The van der Waals surface area contributed by atoms with Gasteiger partial charge in [-0.2, -0.15) is 8.78 Å². The van der Waals surface area contributed by atoms with Crippen LogP contribution in [0.15, 0.2) is 53.4 Å². The minimum Gasteiger partial charge on any atom is -0.377 e. The molecule has 2 aromatic carbocycles. The lowest BCUT2D eigenvalue weighted by Crippen LogP contribution is -2.15. The lowest BCUT2D eigenvalue weighted by atomic mass is 10.1. The number of halogens is 3. The van der Waals surface area contributed by atoms with Crippen molar-refractivity contribution in [2.75, 3.05) is 5.32 Å². The Morgan fingerprint density at radius 3 is 2.27 bits per heavy atom. The van der Waals surface area contributed by atoms with Crippen LogP contribution in [-0.4, -0.2) is 14.2 Å². The summed E-state index contributed by atoms with van der Waals surface area (Å²) in [7, 11) is -4.67. The maximum atomic E-state index is 12.8. The van der Waals surface area contributed by atoms with Gasteiger partial charge in [-0.3, -0.25) is 0 Å². The molecule has 0 heterocycles. The molecule has 2 aromatic rings. The summed E-state index contributed by atoms with van der Waals surface area (Å²) in [4.78, 5) is -0.427. The summed E-state index contributed by atoms with van der Waals surface area (Å²) in [5, 5.41) is 3.44. The first-order valence-electron chi connectivity index (χ1n) is 6.46. The molecule has 0 saturated heterocycles. The average Bonchev–Trinajstić information content (AvgIpc) is 2.47. The molecule has 1 N–H and O–H groups in total. The van der Waals surface area contributed by atoms with Gasteiger partial charge in [0.15, 0.2) is 0 Å². The number of sulfone groups is 1. The normalized spacial score (nSPS) is 13.1. The second-order valence-electron chi connectivity index (χ2n) is 4.69. The molecule has 0 fully saturated rings. The Balaban J connectivity index is 2.38. The average molecular weight is 346 g/mol. The zero-order valence-corrected chi connectivity index (χ0v) is 13.2. The molecule has 1 atom stereocenters. The summed E-state index contributed by atoms with van der Waals surface area (Å²) in [6.07, 6.45) is 0. The first-order chi connectivity index (χ1) is 10.3. The third kappa shape index (κ3) is 3.39. The molecule has 1 unspecified atom stereocenters. The molecule has 7 heteroatoms. The van der Waals surface area contributed by atoms with E-state index in [0.717, 1.165) is 11.6 Å². The Labute approximate surface area is 132 Å². The van der Waals surface area contributed by atoms with Crippen molar-refractivity contribution in [2.45, 2.75) is 23.6 Å². The molecule has 0 spiro atoms. The lowest BCUT2D eigenvalue weighted by Gasteiger charge is -2.19. The van der Waals surface area contributed by atoms with Crippen molar-refractivity contribution in [1.82, 2.24) is 0 Å². The zero-order valence-electron chi connectivity index (χ0n) is 11.6. The number of rotatable bonds is 5. The predicted molar refractivity (Wildman–Crippen MR) is 83.1 cm³/mol. The molecule has 0 aliphatic heterocycles. The molecule has 3 nitrogen and oxygen atoms in total. The van der Waals surface area contributed by atoms with Crippen LogP contribution in [0, 0.1) is 0 Å². The zero-order chi connectivity index (χ0) is 16.3. The van der Waals surface area contributed by atoms with Crippen molar-refractivity contribution in [3.05, 3.63) is 59.1 Å². The van der Waals surface area contributed by atoms with Gasteiger partial charge >= 0.3 is 5.76 Å². The topological polar surface area (TPSA) is 46.2 Å². The number of alkyl halides is 2. The second-order valence-corrected chi connectivity index (χ2v) is 6.98. The van der Waals surface area contributed by atoms with Crippen LogP contribution in [0.1, 0.15) is 18.5 Å². The van der Waals surface area contributed by atoms with Crippen molar-refractivity contribution < 1.29 is 17.2 Å². The lowest BCUT2D eigenvalue weighted by molar-refractivity contribution is 0.235. The van der Waals surface area contributed by atoms with Gasteiger partial charge in [0.2, 0.25) is 9.84 Å². The van der Waals surface area contributed by atoms with E-state index in [4.69, 9.17) is 11.6 Å². The fourth-order valence-electron chi connectivity index (χ4n) is 2.07. The van der Waals surface area contributed by atoms with Crippen molar-refractivity contribution in [3.8, 4) is 0 Å². The molecule has 118 valence electrons. The first-order valence-corrected chi connectivity index (χ1v) is 8.38. The van der Waals surface area contributed by atoms with Crippen molar-refractivity contribution in [3.63, 3.8) is 0 Å². The van der Waals surface area contributed by atoms with Crippen LogP contribution in [0.2, 0.25) is 5.02 Å². The number of anilines is 1. The van der Waals surface area contributed by atoms with E-state index in [1.807, 2.05) is 0 Å². The van der Waals surface area contributed by atoms with E-state index in [2.05, 4.69) is 5.32 Å². The third-order valence-electron chi connectivity index (χ3n) is 3.17. The number of nitrogens with one attached hydrogen (secondary N) is 1. The maximum Gasteiger partial charge on any atom is 0.341 e. The van der Waals surface area contributed by atoms with E-state index in [0.29, 0.717) is 5.02 Å². The van der Waals surface area contributed by atoms with Gasteiger partial charge in [-0.15, -0.1) is 0 Å². The molecule has 0 radical (unpaired) electrons. The summed E-state index contributed by atoms with van der Waals surface area (Å²) >= 11 is 6.09. The van der Waals surface area contributed by atoms with Gasteiger partial charge < -0.3 is 5.32 Å². The minimum absolute atomic E-state index is 0.121. The summed E-state index contributed by atoms with van der Waals surface area (Å²) in [5.74, 6) is -3.47. The molecule has 0 aliphatic rings. The van der Waals surface area contributed by atoms with E-state index >= 15 is 0 Å². The highest BCUT2D eigenvalue weighted by atomic mass is 35.5. The summed E-state index contributed by atoms with van der Waals surface area (Å²) in [6.45, 7) is 1.77. The van der Waals surface area contributed by atoms with Crippen LogP contribution in [-0.2, 0) is 9.84 Å². The Morgan fingerprint density at radius 2 is 1.64 bits per heavy atom. The second kappa shape index (κ2) is 6.62. The summed E-state index contributed by atoms with van der Waals surface area (Å²) < 4.78 is 49.0. The minimum atomic E-state index is -4.67. The highest BCUT2D eigenvalue weighted by Crippen LogP contribution is 2.31.